The van der Waals surface area contributed by atoms with E-state index in [1.807, 2.05) is 0 Å². The van der Waals surface area contributed by atoms with Gasteiger partial charge < -0.3 is 19.3 Å². The molecule has 0 aromatic carbocycles. The lowest BCUT2D eigenvalue weighted by Gasteiger charge is -2.26. The second-order valence-electron chi connectivity index (χ2n) is 4.38. The molecule has 4 N–H and O–H groups in total. The average Bonchev–Trinajstić information content (AvgIpc) is 2.32. The molecule has 0 bridgehead atoms. The maximum absolute atomic E-state index is 9.25. The van der Waals surface area contributed by atoms with E-state index in [1.165, 1.54) is 6.26 Å². The van der Waals surface area contributed by atoms with Gasteiger partial charge in [0.05, 0.1) is 6.23 Å². The Morgan fingerprint density at radius 2 is 1.67 bits per heavy atom. The van der Waals surface area contributed by atoms with Crippen LogP contribution in [0.15, 0.2) is 0 Å². The van der Waals surface area contributed by atoms with E-state index in [0.29, 0.717) is 5.75 Å². The fraction of sp³-hybridized carbons (Fsp3) is 1.00. The summed E-state index contributed by atoms with van der Waals surface area (Å²) < 4.78 is 28.9. The van der Waals surface area contributed by atoms with Gasteiger partial charge >= 0.3 is 8.56 Å². The Balaban J connectivity index is 3.56. The molecule has 0 aromatic rings. The number of hydrogen-bond donors (Lipinski definition) is 4. The van der Waals surface area contributed by atoms with Crippen molar-refractivity contribution in [1.82, 2.24) is 5.32 Å². The Morgan fingerprint density at radius 1 is 1.11 bits per heavy atom. The molecule has 0 aliphatic heterocycles. The van der Waals surface area contributed by atoms with Gasteiger partial charge in [0.25, 0.3) is 0 Å². The van der Waals surface area contributed by atoms with E-state index < -0.39 is 19.2 Å². The van der Waals surface area contributed by atoms with Crippen LogP contribution in [0.4, 0.5) is 0 Å². The molecule has 0 spiro atoms. The zero-order valence-electron chi connectivity index (χ0n) is 11.5. The first-order valence-corrected chi connectivity index (χ1v) is 10.4. The van der Waals surface area contributed by atoms with Gasteiger partial charge in [-0.15, -0.1) is 0 Å². The summed E-state index contributed by atoms with van der Waals surface area (Å²) in [5, 5.41) is 12.5. The summed E-state index contributed by atoms with van der Waals surface area (Å²) >= 11 is 0. The van der Waals surface area contributed by atoms with E-state index in [9.17, 15) is 14.2 Å². The highest BCUT2D eigenvalue weighted by atomic mass is 32.3. The monoisotopic (exact) mass is 301 g/mol. The molecule has 112 valence electrons. The van der Waals surface area contributed by atoms with Crippen molar-refractivity contribution in [2.75, 3.05) is 45.5 Å². The van der Waals surface area contributed by atoms with Gasteiger partial charge in [0.1, 0.15) is 0 Å². The maximum atomic E-state index is 9.25. The number of aliphatic hydroxyl groups is 1. The lowest BCUT2D eigenvalue weighted by molar-refractivity contribution is 0.196. The molecule has 0 heterocycles. The molecule has 0 aliphatic carbocycles. The molecular formula is C10H27NO5SSi. The quantitative estimate of drug-likeness (QED) is 0.336. The second-order valence-corrected chi connectivity index (χ2v) is 10.2. The molecule has 0 saturated heterocycles. The molecule has 0 radical (unpaired) electrons. The predicted octanol–water partition coefficient (Wildman–Crippen LogP) is 1.00. The minimum Gasteiger partial charge on any atom is -0.396 e. The van der Waals surface area contributed by atoms with Crippen molar-refractivity contribution in [2.24, 2.45) is 0 Å². The third-order valence-electron chi connectivity index (χ3n) is 2.78. The van der Waals surface area contributed by atoms with Crippen LogP contribution < -0.4 is 5.32 Å². The minimum absolute atomic E-state index is 0.0310. The SMILES string of the molecule is CO[Si](CO)(CCCNCCCS(C)(O)O)OC. The van der Waals surface area contributed by atoms with Crippen molar-refractivity contribution in [3.63, 3.8) is 0 Å². The molecule has 0 fully saturated rings. The van der Waals surface area contributed by atoms with E-state index in [-0.39, 0.29) is 6.23 Å². The first-order chi connectivity index (χ1) is 8.39. The van der Waals surface area contributed by atoms with Crippen LogP contribution in [0.5, 0.6) is 0 Å². The zero-order chi connectivity index (χ0) is 14.1. The molecule has 0 unspecified atom stereocenters. The van der Waals surface area contributed by atoms with E-state index in [4.69, 9.17) is 8.85 Å². The van der Waals surface area contributed by atoms with E-state index in [2.05, 4.69) is 5.32 Å². The van der Waals surface area contributed by atoms with Crippen LogP contribution in [0.1, 0.15) is 12.8 Å². The molecule has 0 aromatic heterocycles. The van der Waals surface area contributed by atoms with E-state index in [0.717, 1.165) is 32.0 Å². The Labute approximate surface area is 112 Å². The minimum atomic E-state index is -2.38. The Bertz CT molecular complexity index is 203. The van der Waals surface area contributed by atoms with Gasteiger partial charge in [-0.05, 0) is 32.0 Å². The van der Waals surface area contributed by atoms with Gasteiger partial charge in [0.15, 0.2) is 0 Å². The van der Waals surface area contributed by atoms with Gasteiger partial charge in [0, 0.05) is 26.2 Å². The van der Waals surface area contributed by atoms with Crippen molar-refractivity contribution < 1.29 is 23.1 Å². The lowest BCUT2D eigenvalue weighted by atomic mass is 10.4. The maximum Gasteiger partial charge on any atom is 0.364 e. The molecule has 0 amide bonds. The number of aliphatic hydroxyl groups excluding tert-OH is 1. The van der Waals surface area contributed by atoms with Gasteiger partial charge in [0.2, 0.25) is 0 Å². The van der Waals surface area contributed by atoms with Crippen LogP contribution in [0, 0.1) is 0 Å². The summed E-state index contributed by atoms with van der Waals surface area (Å²) in [6.45, 7) is 1.57. The van der Waals surface area contributed by atoms with Gasteiger partial charge in [-0.3, -0.25) is 9.11 Å². The molecule has 0 rings (SSSR count). The van der Waals surface area contributed by atoms with Crippen LogP contribution in [-0.2, 0) is 8.85 Å². The second kappa shape index (κ2) is 9.27. The number of rotatable bonds is 11. The van der Waals surface area contributed by atoms with Crippen LogP contribution in [0.25, 0.3) is 0 Å². The van der Waals surface area contributed by atoms with Gasteiger partial charge in [-0.1, -0.05) is 0 Å². The number of nitrogens with one attached hydrogen (secondary N) is 1. The van der Waals surface area contributed by atoms with Gasteiger partial charge in [-0.25, -0.2) is 0 Å². The Morgan fingerprint density at radius 3 is 2.11 bits per heavy atom. The third kappa shape index (κ3) is 8.43. The molecule has 8 heteroatoms. The summed E-state index contributed by atoms with van der Waals surface area (Å²) in [6, 6.07) is 0.743. The summed E-state index contributed by atoms with van der Waals surface area (Å²) in [5.41, 5.74) is 0. The highest BCUT2D eigenvalue weighted by molar-refractivity contribution is 8.23. The summed E-state index contributed by atoms with van der Waals surface area (Å²) in [4.78, 5) is 0. The summed E-state index contributed by atoms with van der Waals surface area (Å²) in [5.74, 6) is 0.436. The molecule has 18 heavy (non-hydrogen) atoms. The van der Waals surface area contributed by atoms with Crippen molar-refractivity contribution >= 4 is 19.2 Å². The Hall–Kier alpha value is 0.327. The smallest absolute Gasteiger partial charge is 0.364 e. The fourth-order valence-corrected chi connectivity index (χ4v) is 3.97. The summed E-state index contributed by atoms with van der Waals surface area (Å²) in [7, 11) is -1.58. The van der Waals surface area contributed by atoms with Crippen LogP contribution >= 0.6 is 10.6 Å². The molecule has 6 nitrogen and oxygen atoms in total. The van der Waals surface area contributed by atoms with E-state index >= 15 is 0 Å². The zero-order valence-corrected chi connectivity index (χ0v) is 13.3. The third-order valence-corrected chi connectivity index (χ3v) is 6.93. The first-order valence-electron chi connectivity index (χ1n) is 6.02. The summed E-state index contributed by atoms with van der Waals surface area (Å²) in [6.07, 6.45) is 3.05. The van der Waals surface area contributed by atoms with Crippen LogP contribution in [0.3, 0.4) is 0 Å². The van der Waals surface area contributed by atoms with Crippen molar-refractivity contribution in [1.29, 1.82) is 0 Å². The van der Waals surface area contributed by atoms with Crippen LogP contribution in [0.2, 0.25) is 6.04 Å². The van der Waals surface area contributed by atoms with Crippen molar-refractivity contribution in [2.45, 2.75) is 18.9 Å². The van der Waals surface area contributed by atoms with Crippen molar-refractivity contribution in [3.05, 3.63) is 0 Å². The van der Waals surface area contributed by atoms with Crippen molar-refractivity contribution in [3.8, 4) is 0 Å². The molecule has 0 saturated carbocycles. The topological polar surface area (TPSA) is 91.2 Å². The van der Waals surface area contributed by atoms with Gasteiger partial charge in [-0.2, -0.15) is 10.6 Å². The standard InChI is InChI=1S/C10H27NO5SSi/c1-15-18(10-12,16-2)9-5-7-11-6-4-8-17(3,13)14/h11-14H,4-10H2,1-3H3. The normalized spacial score (nSPS) is 13.9. The number of hydrogen-bond acceptors (Lipinski definition) is 6. The molecule has 0 aliphatic rings. The Kier molecular flexibility index (Phi) is 9.43. The lowest BCUT2D eigenvalue weighted by Crippen LogP contribution is -2.45. The highest BCUT2D eigenvalue weighted by Crippen LogP contribution is 2.33. The predicted molar refractivity (Wildman–Crippen MR) is 77.4 cm³/mol. The highest BCUT2D eigenvalue weighted by Gasteiger charge is 2.33. The fourth-order valence-electron chi connectivity index (χ4n) is 1.57. The van der Waals surface area contributed by atoms with E-state index in [1.54, 1.807) is 14.2 Å². The first kappa shape index (κ1) is 18.3. The molecular weight excluding hydrogens is 274 g/mol. The average molecular weight is 301 g/mol. The molecule has 0 atom stereocenters. The largest absolute Gasteiger partial charge is 0.396 e. The van der Waals surface area contributed by atoms with Crippen LogP contribution in [-0.4, -0.2) is 68.3 Å².